The van der Waals surface area contributed by atoms with Gasteiger partial charge in [0.05, 0.1) is 0 Å². The van der Waals surface area contributed by atoms with E-state index in [0.717, 1.165) is 33.0 Å². The minimum Gasteiger partial charge on any atom is -0.455 e. The van der Waals surface area contributed by atoms with Crippen LogP contribution in [0.2, 0.25) is 0 Å². The Morgan fingerprint density at radius 3 is 1.89 bits per heavy atom. The zero-order valence-electron chi connectivity index (χ0n) is 29.5. The second kappa shape index (κ2) is 10.3. The minimum absolute atomic E-state index is 0.0895. The molecule has 3 heterocycles. The molecular formula is C49H33BN2O. The molecule has 0 N–H and O–H groups in total. The van der Waals surface area contributed by atoms with E-state index in [4.69, 9.17) is 4.42 Å². The summed E-state index contributed by atoms with van der Waals surface area (Å²) in [4.78, 5) is 4.98. The minimum atomic E-state index is -0.0895. The van der Waals surface area contributed by atoms with Gasteiger partial charge in [-0.1, -0.05) is 117 Å². The summed E-state index contributed by atoms with van der Waals surface area (Å²) in [7, 11) is 0. The van der Waals surface area contributed by atoms with Gasteiger partial charge in [-0.25, -0.2) is 0 Å². The normalized spacial score (nSPS) is 14.6. The van der Waals surface area contributed by atoms with E-state index in [2.05, 4.69) is 187 Å². The van der Waals surface area contributed by atoms with Crippen molar-refractivity contribution in [1.29, 1.82) is 0 Å². The Bertz CT molecular complexity index is 3030. The SMILES string of the molecule is CC1(C)c2ccccc2-c2ccc(N3c4ccccc4B4c5ccccc5N(c5ccc6oc7c8ccccc8ccc7c6c5)c5cccc3c54)cc21. The molecule has 1 aliphatic carbocycles. The predicted molar refractivity (Wildman–Crippen MR) is 223 cm³/mol. The molecule has 3 aliphatic rings. The number of hydrogen-bond donors (Lipinski definition) is 0. The molecule has 12 rings (SSSR count). The van der Waals surface area contributed by atoms with Gasteiger partial charge in [0.25, 0.3) is 6.71 Å². The number of furan rings is 1. The number of benzene rings is 8. The van der Waals surface area contributed by atoms with Gasteiger partial charge in [-0.2, -0.15) is 0 Å². The molecule has 4 heteroatoms. The summed E-state index contributed by atoms with van der Waals surface area (Å²) >= 11 is 0. The Balaban J connectivity index is 1.09. The van der Waals surface area contributed by atoms with Crippen molar-refractivity contribution in [2.45, 2.75) is 19.3 Å². The maximum atomic E-state index is 6.55. The molecular weight excluding hydrogens is 643 g/mol. The molecule has 0 bridgehead atoms. The van der Waals surface area contributed by atoms with Crippen LogP contribution in [0.3, 0.4) is 0 Å². The maximum Gasteiger partial charge on any atom is 0.252 e. The Labute approximate surface area is 308 Å². The first kappa shape index (κ1) is 29.1. The van der Waals surface area contributed by atoms with E-state index in [9.17, 15) is 0 Å². The van der Waals surface area contributed by atoms with Gasteiger partial charge in [0.2, 0.25) is 0 Å². The molecule has 0 saturated heterocycles. The average molecular weight is 677 g/mol. The number of rotatable bonds is 2. The summed E-state index contributed by atoms with van der Waals surface area (Å²) in [5.74, 6) is 0. The van der Waals surface area contributed by atoms with E-state index in [-0.39, 0.29) is 12.1 Å². The van der Waals surface area contributed by atoms with E-state index in [1.165, 1.54) is 72.5 Å². The van der Waals surface area contributed by atoms with Crippen LogP contribution in [0.25, 0.3) is 43.8 Å². The zero-order chi connectivity index (χ0) is 35.0. The Kier molecular flexibility index (Phi) is 5.66. The van der Waals surface area contributed by atoms with Crippen LogP contribution in [0.15, 0.2) is 168 Å². The van der Waals surface area contributed by atoms with Crippen LogP contribution in [0.4, 0.5) is 34.1 Å². The van der Waals surface area contributed by atoms with Crippen molar-refractivity contribution in [3.05, 3.63) is 175 Å². The van der Waals surface area contributed by atoms with Gasteiger partial charge in [0.15, 0.2) is 0 Å². The average Bonchev–Trinajstić information content (AvgIpc) is 3.69. The van der Waals surface area contributed by atoms with Crippen molar-refractivity contribution in [2.24, 2.45) is 0 Å². The number of hydrogen-bond acceptors (Lipinski definition) is 3. The molecule has 8 aromatic carbocycles. The standard InChI is InChI=1S/C49H33BN2O/c1-49(2)38-15-6-5-14-34(38)35-26-23-32(29-39(35)49)52-43-19-10-8-17-41(43)50-40-16-7-9-18-42(40)51(44-20-11-21-45(52)47(44)50)31-24-27-46-37(28-31)36-25-22-30-12-3-4-13-33(30)48(36)53-46/h3-29H,1-2H3. The van der Waals surface area contributed by atoms with Crippen molar-refractivity contribution < 1.29 is 4.42 Å². The fourth-order valence-corrected chi connectivity index (χ4v) is 9.85. The first-order valence-corrected chi connectivity index (χ1v) is 18.6. The van der Waals surface area contributed by atoms with Crippen molar-refractivity contribution in [1.82, 2.24) is 0 Å². The maximum absolute atomic E-state index is 6.55. The molecule has 0 saturated carbocycles. The number of anilines is 6. The first-order chi connectivity index (χ1) is 26.1. The summed E-state index contributed by atoms with van der Waals surface area (Å²) in [6, 6.07) is 60.4. The molecule has 3 nitrogen and oxygen atoms in total. The van der Waals surface area contributed by atoms with Crippen LogP contribution in [0, 0.1) is 0 Å². The summed E-state index contributed by atoms with van der Waals surface area (Å²) in [6.07, 6.45) is 0. The second-order valence-electron chi connectivity index (χ2n) is 15.3. The molecule has 0 atom stereocenters. The zero-order valence-corrected chi connectivity index (χ0v) is 29.5. The lowest BCUT2D eigenvalue weighted by Gasteiger charge is -2.44. The molecule has 0 unspecified atom stereocenters. The quantitative estimate of drug-likeness (QED) is 0.170. The third-order valence-corrected chi connectivity index (χ3v) is 12.2. The molecule has 9 aromatic rings. The van der Waals surface area contributed by atoms with E-state index >= 15 is 0 Å². The highest BCUT2D eigenvalue weighted by Crippen LogP contribution is 2.51. The molecule has 248 valence electrons. The van der Waals surface area contributed by atoms with Crippen LogP contribution >= 0.6 is 0 Å². The number of fused-ring (bicyclic) bond motifs is 12. The van der Waals surface area contributed by atoms with Gasteiger partial charge in [-0.15, -0.1) is 0 Å². The lowest BCUT2D eigenvalue weighted by Crippen LogP contribution is -2.61. The van der Waals surface area contributed by atoms with Gasteiger partial charge in [-0.3, -0.25) is 0 Å². The van der Waals surface area contributed by atoms with E-state index < -0.39 is 0 Å². The monoisotopic (exact) mass is 676 g/mol. The largest absolute Gasteiger partial charge is 0.455 e. The van der Waals surface area contributed by atoms with E-state index in [1.807, 2.05) is 0 Å². The molecule has 0 spiro atoms. The molecule has 53 heavy (non-hydrogen) atoms. The summed E-state index contributed by atoms with van der Waals surface area (Å²) in [6.45, 7) is 4.83. The highest BCUT2D eigenvalue weighted by molar-refractivity contribution is 7.00. The molecule has 0 amide bonds. The van der Waals surface area contributed by atoms with Crippen LogP contribution in [-0.2, 0) is 5.41 Å². The number of nitrogens with zero attached hydrogens (tertiary/aromatic N) is 2. The van der Waals surface area contributed by atoms with Gasteiger partial charge >= 0.3 is 0 Å². The van der Waals surface area contributed by atoms with Crippen molar-refractivity contribution in [3.63, 3.8) is 0 Å². The van der Waals surface area contributed by atoms with Crippen LogP contribution in [0.1, 0.15) is 25.0 Å². The third kappa shape index (κ3) is 3.80. The smallest absolute Gasteiger partial charge is 0.252 e. The Morgan fingerprint density at radius 1 is 0.472 bits per heavy atom. The highest BCUT2D eigenvalue weighted by atomic mass is 16.3. The van der Waals surface area contributed by atoms with E-state index in [1.54, 1.807) is 0 Å². The summed E-state index contributed by atoms with van der Waals surface area (Å²) in [5.41, 5.74) is 18.4. The number of para-hydroxylation sites is 2. The molecule has 1 aromatic heterocycles. The second-order valence-corrected chi connectivity index (χ2v) is 15.3. The topological polar surface area (TPSA) is 19.6 Å². The van der Waals surface area contributed by atoms with Crippen LogP contribution < -0.4 is 26.2 Å². The van der Waals surface area contributed by atoms with Gasteiger partial charge in [0, 0.05) is 55.7 Å². The Morgan fingerprint density at radius 2 is 1.09 bits per heavy atom. The van der Waals surface area contributed by atoms with Gasteiger partial charge < -0.3 is 14.2 Å². The Hall–Kier alpha value is -6.52. The molecule has 0 radical (unpaired) electrons. The van der Waals surface area contributed by atoms with Gasteiger partial charge in [-0.05, 0) is 105 Å². The fourth-order valence-electron chi connectivity index (χ4n) is 9.85. The van der Waals surface area contributed by atoms with Crippen molar-refractivity contribution in [2.75, 3.05) is 9.80 Å². The van der Waals surface area contributed by atoms with Crippen molar-refractivity contribution in [3.8, 4) is 11.1 Å². The fraction of sp³-hybridized carbons (Fsp3) is 0.0612. The van der Waals surface area contributed by atoms with E-state index in [0.29, 0.717) is 0 Å². The predicted octanol–water partition coefficient (Wildman–Crippen LogP) is 11.1. The summed E-state index contributed by atoms with van der Waals surface area (Å²) < 4.78 is 6.55. The van der Waals surface area contributed by atoms with Gasteiger partial charge in [0.1, 0.15) is 11.2 Å². The van der Waals surface area contributed by atoms with Crippen molar-refractivity contribution >= 4 is 89.9 Å². The summed E-state index contributed by atoms with van der Waals surface area (Å²) in [5, 5.41) is 4.60. The third-order valence-electron chi connectivity index (χ3n) is 12.2. The lowest BCUT2D eigenvalue weighted by molar-refractivity contribution is 0.660. The highest BCUT2D eigenvalue weighted by Gasteiger charge is 2.43. The van der Waals surface area contributed by atoms with Crippen LogP contribution in [-0.4, -0.2) is 6.71 Å². The van der Waals surface area contributed by atoms with Crippen LogP contribution in [0.5, 0.6) is 0 Å². The molecule has 0 fully saturated rings. The molecule has 2 aliphatic heterocycles. The first-order valence-electron chi connectivity index (χ1n) is 18.6. The lowest BCUT2D eigenvalue weighted by atomic mass is 9.33.